The Morgan fingerprint density at radius 1 is 0.297 bits per heavy atom. The topological polar surface area (TPSA) is 18.0 Å². The molecule has 300 valence electrons. The number of hydrogen-bond acceptors (Lipinski definition) is 1. The molecule has 2 aliphatic rings. The van der Waals surface area contributed by atoms with Gasteiger partial charge in [0.15, 0.2) is 0 Å². The number of allylic oxidation sites excluding steroid dienone is 2. The molecule has 1 aliphatic carbocycles. The van der Waals surface area contributed by atoms with Crippen molar-refractivity contribution in [2.24, 2.45) is 0 Å². The number of nitrogens with zero attached hydrogens (tertiary/aromatic N) is 4. The van der Waals surface area contributed by atoms with Crippen molar-refractivity contribution in [2.75, 3.05) is 4.90 Å². The second kappa shape index (κ2) is 13.6. The van der Waals surface area contributed by atoms with Gasteiger partial charge in [-0.1, -0.05) is 140 Å². The van der Waals surface area contributed by atoms with Gasteiger partial charge in [-0.25, -0.2) is 0 Å². The number of hydrogen-bond donors (Lipinski definition) is 0. The summed E-state index contributed by atoms with van der Waals surface area (Å²) in [7, 11) is 0. The number of rotatable bonds is 5. The first-order valence-electron chi connectivity index (χ1n) is 22.3. The maximum Gasteiger partial charge on any atom is 0.0629 e. The fourth-order valence-electron chi connectivity index (χ4n) is 11.1. The van der Waals surface area contributed by atoms with E-state index in [4.69, 9.17) is 0 Å². The Morgan fingerprint density at radius 2 is 0.719 bits per heavy atom. The van der Waals surface area contributed by atoms with Crippen molar-refractivity contribution in [3.05, 3.63) is 236 Å². The van der Waals surface area contributed by atoms with Crippen LogP contribution in [0.4, 0.5) is 11.4 Å². The van der Waals surface area contributed by atoms with Gasteiger partial charge in [0.1, 0.15) is 0 Å². The first kappa shape index (κ1) is 35.3. The highest BCUT2D eigenvalue weighted by atomic mass is 15.2. The molecule has 2 atom stereocenters. The molecule has 0 saturated carbocycles. The van der Waals surface area contributed by atoms with E-state index in [-0.39, 0.29) is 12.0 Å². The third kappa shape index (κ3) is 5.05. The van der Waals surface area contributed by atoms with Crippen molar-refractivity contribution in [1.29, 1.82) is 0 Å². The molecule has 1 aliphatic heterocycles. The van der Waals surface area contributed by atoms with Gasteiger partial charge in [0, 0.05) is 66.7 Å². The number of benzene rings is 9. The highest BCUT2D eigenvalue weighted by Crippen LogP contribution is 2.51. The lowest BCUT2D eigenvalue weighted by molar-refractivity contribution is 0.745. The van der Waals surface area contributed by atoms with Crippen molar-refractivity contribution >= 4 is 76.8 Å². The fraction of sp³-hybridized carbons (Fsp3) is 0.0333. The summed E-state index contributed by atoms with van der Waals surface area (Å²) in [6.45, 7) is 0. The van der Waals surface area contributed by atoms with Gasteiger partial charge in [0.25, 0.3) is 0 Å². The molecule has 14 rings (SSSR count). The lowest BCUT2D eigenvalue weighted by Crippen LogP contribution is -2.28. The van der Waals surface area contributed by atoms with Crippen LogP contribution in [0.25, 0.3) is 93.6 Å². The van der Waals surface area contributed by atoms with Crippen LogP contribution in [0.3, 0.4) is 0 Å². The Bertz CT molecular complexity index is 3880. The van der Waals surface area contributed by atoms with Crippen molar-refractivity contribution in [2.45, 2.75) is 12.0 Å². The Morgan fingerprint density at radius 3 is 1.25 bits per heavy atom. The zero-order valence-electron chi connectivity index (χ0n) is 34.9. The SMILES string of the molecule is C1=CC2c3cc4c5ccccc5n(-c5ccccc5)c4cc3N(c3ccc(-c4ccc(-n5c6ccccc6c6cc7c8ccccc8n(-c8ccccc8)c7cc65)cc4)cc3)C2C=C1. The van der Waals surface area contributed by atoms with Crippen molar-refractivity contribution in [1.82, 2.24) is 13.7 Å². The van der Waals surface area contributed by atoms with E-state index in [1.165, 1.54) is 99.2 Å². The molecule has 4 heteroatoms. The van der Waals surface area contributed by atoms with Crippen LogP contribution in [-0.2, 0) is 0 Å². The maximum atomic E-state index is 2.55. The molecule has 0 radical (unpaired) electrons. The van der Waals surface area contributed by atoms with Gasteiger partial charge in [-0.05, 0) is 108 Å². The van der Waals surface area contributed by atoms with Crippen LogP contribution in [0.2, 0.25) is 0 Å². The van der Waals surface area contributed by atoms with Crippen LogP contribution in [0.5, 0.6) is 0 Å². The van der Waals surface area contributed by atoms with E-state index >= 15 is 0 Å². The average Bonchev–Trinajstić information content (AvgIpc) is 4.08. The summed E-state index contributed by atoms with van der Waals surface area (Å²) in [4.78, 5) is 2.55. The fourth-order valence-corrected chi connectivity index (χ4v) is 11.1. The number of para-hydroxylation sites is 5. The molecule has 12 aromatic rings. The van der Waals surface area contributed by atoms with Gasteiger partial charge in [-0.2, -0.15) is 0 Å². The van der Waals surface area contributed by atoms with Crippen LogP contribution in [0.15, 0.2) is 231 Å². The molecule has 0 bridgehead atoms. The standard InChI is InChI=1S/C60H40N4/c1-3-15-41(16-4-1)61-53-23-11-7-19-45(53)49-35-51-47-21-9-13-25-55(47)63(59(51)37-57(49)61)43-31-27-39(28-32-43)40-29-33-44(34-30-40)64-56-26-14-10-22-48(56)52-36-50-46-20-8-12-24-54(46)62(58(50)38-60(52)64)42-17-5-2-6-18-42/h1-38,47,55H. The molecule has 0 spiro atoms. The Kier molecular flexibility index (Phi) is 7.48. The molecule has 3 aromatic heterocycles. The summed E-state index contributed by atoms with van der Waals surface area (Å²) in [5.41, 5.74) is 17.0. The third-order valence-corrected chi connectivity index (χ3v) is 13.9. The van der Waals surface area contributed by atoms with Crippen LogP contribution < -0.4 is 4.90 Å². The third-order valence-electron chi connectivity index (χ3n) is 13.9. The maximum absolute atomic E-state index is 2.55. The summed E-state index contributed by atoms with van der Waals surface area (Å²) < 4.78 is 7.27. The van der Waals surface area contributed by atoms with Crippen molar-refractivity contribution in [3.63, 3.8) is 0 Å². The summed E-state index contributed by atoms with van der Waals surface area (Å²) in [5.74, 6) is 0.272. The first-order valence-corrected chi connectivity index (χ1v) is 22.3. The molecule has 4 heterocycles. The van der Waals surface area contributed by atoms with Crippen molar-refractivity contribution in [3.8, 4) is 28.2 Å². The predicted octanol–water partition coefficient (Wildman–Crippen LogP) is 15.4. The lowest BCUT2D eigenvalue weighted by atomic mass is 9.90. The second-order valence-electron chi connectivity index (χ2n) is 17.3. The molecule has 4 nitrogen and oxygen atoms in total. The van der Waals surface area contributed by atoms with Gasteiger partial charge in [0.2, 0.25) is 0 Å². The van der Waals surface area contributed by atoms with Gasteiger partial charge >= 0.3 is 0 Å². The van der Waals surface area contributed by atoms with Crippen molar-refractivity contribution < 1.29 is 0 Å². The quantitative estimate of drug-likeness (QED) is 0.169. The van der Waals surface area contributed by atoms with Gasteiger partial charge < -0.3 is 18.6 Å². The lowest BCUT2D eigenvalue weighted by Gasteiger charge is -2.29. The zero-order valence-corrected chi connectivity index (χ0v) is 34.9. The summed E-state index contributed by atoms with van der Waals surface area (Å²) >= 11 is 0. The number of anilines is 2. The summed E-state index contributed by atoms with van der Waals surface area (Å²) in [6.07, 6.45) is 9.16. The van der Waals surface area contributed by atoms with Crippen LogP contribution in [0, 0.1) is 0 Å². The molecule has 2 unspecified atom stereocenters. The van der Waals surface area contributed by atoms with E-state index in [0.717, 1.165) is 11.4 Å². The van der Waals surface area contributed by atoms with E-state index in [2.05, 4.69) is 249 Å². The van der Waals surface area contributed by atoms with Crippen LogP contribution in [0.1, 0.15) is 11.5 Å². The minimum atomic E-state index is 0.203. The minimum Gasteiger partial charge on any atom is -0.333 e. The molecule has 9 aromatic carbocycles. The van der Waals surface area contributed by atoms with E-state index < -0.39 is 0 Å². The van der Waals surface area contributed by atoms with Gasteiger partial charge in [-0.15, -0.1) is 0 Å². The monoisotopic (exact) mass is 816 g/mol. The Hall–Kier alpha value is -8.34. The van der Waals surface area contributed by atoms with E-state index in [1.807, 2.05) is 0 Å². The normalized spacial score (nSPS) is 15.7. The van der Waals surface area contributed by atoms with Crippen LogP contribution >= 0.6 is 0 Å². The zero-order chi connectivity index (χ0) is 41.9. The molecule has 0 fully saturated rings. The molecule has 0 saturated heterocycles. The molecule has 0 amide bonds. The minimum absolute atomic E-state index is 0.203. The molecular formula is C60H40N4. The largest absolute Gasteiger partial charge is 0.333 e. The number of fused-ring (bicyclic) bond motifs is 12. The highest BCUT2D eigenvalue weighted by Gasteiger charge is 2.38. The predicted molar refractivity (Wildman–Crippen MR) is 268 cm³/mol. The van der Waals surface area contributed by atoms with E-state index in [1.54, 1.807) is 0 Å². The summed E-state index contributed by atoms with van der Waals surface area (Å²) in [6, 6.07) is 76.1. The Labute approximate surface area is 370 Å². The summed E-state index contributed by atoms with van der Waals surface area (Å²) in [5, 5.41) is 7.63. The molecule has 64 heavy (non-hydrogen) atoms. The molecule has 0 N–H and O–H groups in total. The van der Waals surface area contributed by atoms with E-state index in [0.29, 0.717) is 0 Å². The van der Waals surface area contributed by atoms with Gasteiger partial charge in [-0.3, -0.25) is 0 Å². The number of aromatic nitrogens is 3. The Balaban J connectivity index is 0.862. The average molecular weight is 817 g/mol. The molecular weight excluding hydrogens is 777 g/mol. The highest BCUT2D eigenvalue weighted by molar-refractivity contribution is 6.19. The van der Waals surface area contributed by atoms with E-state index in [9.17, 15) is 0 Å². The van der Waals surface area contributed by atoms with Crippen LogP contribution in [-0.4, -0.2) is 19.7 Å². The van der Waals surface area contributed by atoms with Gasteiger partial charge in [0.05, 0.1) is 39.1 Å². The first-order chi connectivity index (χ1) is 31.8. The smallest absolute Gasteiger partial charge is 0.0629 e. The second-order valence-corrected chi connectivity index (χ2v) is 17.3.